The van der Waals surface area contributed by atoms with E-state index < -0.39 is 15.7 Å². The normalized spacial score (nSPS) is 11.6. The molecule has 0 aromatic heterocycles. The number of primary amides is 1. The molecule has 21 heavy (non-hydrogen) atoms. The van der Waals surface area contributed by atoms with E-state index in [0.29, 0.717) is 0 Å². The number of hydrogen-bond donors (Lipinski definition) is 1. The monoisotopic (exact) mass is 303 g/mol. The predicted molar refractivity (Wildman–Crippen MR) is 80.9 cm³/mol. The summed E-state index contributed by atoms with van der Waals surface area (Å²) in [6.45, 7) is 3.86. The zero-order chi connectivity index (χ0) is 15.6. The second kappa shape index (κ2) is 5.69. The van der Waals surface area contributed by atoms with E-state index in [1.807, 2.05) is 13.8 Å². The van der Waals surface area contributed by atoms with Gasteiger partial charge in [-0.1, -0.05) is 32.0 Å². The van der Waals surface area contributed by atoms with Crippen molar-refractivity contribution >= 4 is 15.7 Å². The van der Waals surface area contributed by atoms with Gasteiger partial charge >= 0.3 is 0 Å². The highest BCUT2D eigenvalue weighted by Gasteiger charge is 2.20. The molecule has 110 valence electrons. The molecular weight excluding hydrogens is 286 g/mol. The molecule has 1 amide bonds. The summed E-state index contributed by atoms with van der Waals surface area (Å²) in [4.78, 5) is 11.7. The Labute approximate surface area is 124 Å². The van der Waals surface area contributed by atoms with Crippen LogP contribution in [0.15, 0.2) is 58.3 Å². The van der Waals surface area contributed by atoms with Gasteiger partial charge in [0.1, 0.15) is 0 Å². The molecule has 2 aromatic carbocycles. The summed E-state index contributed by atoms with van der Waals surface area (Å²) in [6, 6.07) is 12.7. The molecule has 0 radical (unpaired) electrons. The molecule has 0 unspecified atom stereocenters. The second-order valence-electron chi connectivity index (χ2n) is 5.13. The van der Waals surface area contributed by atoms with Crippen molar-refractivity contribution in [3.63, 3.8) is 0 Å². The zero-order valence-corrected chi connectivity index (χ0v) is 12.7. The molecule has 5 heteroatoms. The minimum absolute atomic E-state index is 0.0914. The van der Waals surface area contributed by atoms with Gasteiger partial charge in [0.25, 0.3) is 0 Å². The minimum atomic E-state index is -3.66. The van der Waals surface area contributed by atoms with Gasteiger partial charge in [0.2, 0.25) is 15.7 Å². The summed E-state index contributed by atoms with van der Waals surface area (Å²) in [5.74, 6) is -0.545. The lowest BCUT2D eigenvalue weighted by Gasteiger charge is -2.11. The maximum atomic E-state index is 12.6. The van der Waals surface area contributed by atoms with E-state index >= 15 is 0 Å². The van der Waals surface area contributed by atoms with Gasteiger partial charge in [0, 0.05) is 5.56 Å². The summed E-state index contributed by atoms with van der Waals surface area (Å²) in [5, 5.41) is 0. The number of sulfone groups is 1. The zero-order valence-electron chi connectivity index (χ0n) is 11.9. The Hall–Kier alpha value is -2.14. The molecule has 0 saturated heterocycles. The number of carbonyl (C=O) groups excluding carboxylic acids is 1. The van der Waals surface area contributed by atoms with Gasteiger partial charge in [-0.2, -0.15) is 0 Å². The molecule has 0 heterocycles. The number of nitrogens with two attached hydrogens (primary N) is 1. The van der Waals surface area contributed by atoms with Crippen LogP contribution in [0.2, 0.25) is 0 Å². The van der Waals surface area contributed by atoms with Gasteiger partial charge in [0.15, 0.2) is 0 Å². The third-order valence-corrected chi connectivity index (χ3v) is 4.99. The third-order valence-electron chi connectivity index (χ3n) is 3.24. The smallest absolute Gasteiger partial charge is 0.248 e. The second-order valence-corrected chi connectivity index (χ2v) is 7.08. The maximum Gasteiger partial charge on any atom is 0.248 e. The molecule has 0 aliphatic carbocycles. The van der Waals surface area contributed by atoms with Crippen molar-refractivity contribution in [2.45, 2.75) is 29.6 Å². The molecule has 2 rings (SSSR count). The van der Waals surface area contributed by atoms with E-state index in [-0.39, 0.29) is 21.3 Å². The Kier molecular flexibility index (Phi) is 4.14. The molecule has 0 saturated carbocycles. The molecule has 0 spiro atoms. The van der Waals surface area contributed by atoms with Crippen LogP contribution in [0.25, 0.3) is 0 Å². The molecule has 0 bridgehead atoms. The van der Waals surface area contributed by atoms with E-state index in [9.17, 15) is 13.2 Å². The van der Waals surface area contributed by atoms with Crippen LogP contribution in [0.1, 0.15) is 35.7 Å². The van der Waals surface area contributed by atoms with Crippen molar-refractivity contribution in [1.29, 1.82) is 0 Å². The molecule has 0 fully saturated rings. The van der Waals surface area contributed by atoms with E-state index in [1.165, 1.54) is 18.2 Å². The summed E-state index contributed by atoms with van der Waals surface area (Å²) in [7, 11) is -3.66. The molecule has 4 nitrogen and oxygen atoms in total. The van der Waals surface area contributed by atoms with E-state index in [0.717, 1.165) is 5.56 Å². The lowest BCUT2D eigenvalue weighted by Crippen LogP contribution is -2.13. The lowest BCUT2D eigenvalue weighted by atomic mass is 10.0. The highest BCUT2D eigenvalue weighted by Crippen LogP contribution is 2.26. The quantitative estimate of drug-likeness (QED) is 0.943. The van der Waals surface area contributed by atoms with Gasteiger partial charge in [-0.25, -0.2) is 8.42 Å². The number of rotatable bonds is 4. The van der Waals surface area contributed by atoms with Crippen molar-refractivity contribution in [1.82, 2.24) is 0 Å². The van der Waals surface area contributed by atoms with E-state index in [1.54, 1.807) is 30.3 Å². The first-order chi connectivity index (χ1) is 9.82. The summed E-state index contributed by atoms with van der Waals surface area (Å²) < 4.78 is 25.3. The minimum Gasteiger partial charge on any atom is -0.366 e. The van der Waals surface area contributed by atoms with Crippen molar-refractivity contribution in [3.8, 4) is 0 Å². The topological polar surface area (TPSA) is 77.2 Å². The highest BCUT2D eigenvalue weighted by atomic mass is 32.2. The Morgan fingerprint density at radius 1 is 1.00 bits per heavy atom. The predicted octanol–water partition coefficient (Wildman–Crippen LogP) is 2.74. The Bertz CT molecular complexity index is 765. The van der Waals surface area contributed by atoms with E-state index in [2.05, 4.69) is 0 Å². The molecule has 0 atom stereocenters. The number of hydrogen-bond acceptors (Lipinski definition) is 3. The molecule has 2 N–H and O–H groups in total. The Morgan fingerprint density at radius 3 is 2.14 bits per heavy atom. The van der Waals surface area contributed by atoms with Crippen molar-refractivity contribution in [2.75, 3.05) is 0 Å². The lowest BCUT2D eigenvalue weighted by molar-refractivity contribution is 0.1000. The Morgan fingerprint density at radius 2 is 1.62 bits per heavy atom. The van der Waals surface area contributed by atoms with Gasteiger partial charge in [0.05, 0.1) is 9.79 Å². The first-order valence-electron chi connectivity index (χ1n) is 6.57. The largest absolute Gasteiger partial charge is 0.366 e. The number of amides is 1. The average Bonchev–Trinajstić information content (AvgIpc) is 2.47. The summed E-state index contributed by atoms with van der Waals surface area (Å²) in [5.41, 5.74) is 6.27. The highest BCUT2D eigenvalue weighted by molar-refractivity contribution is 7.91. The first-order valence-corrected chi connectivity index (χ1v) is 8.05. The standard InChI is InChI=1S/C16H17NO3S/c1-11(2)12-8-13(16(17)18)10-15(9-12)21(19,20)14-6-4-3-5-7-14/h3-11H,1-2H3,(H2,17,18). The Balaban J connectivity index is 2.66. The van der Waals surface area contributed by atoms with Gasteiger partial charge in [-0.3, -0.25) is 4.79 Å². The molecule has 0 aliphatic rings. The van der Waals surface area contributed by atoms with E-state index in [4.69, 9.17) is 5.73 Å². The van der Waals surface area contributed by atoms with Crippen molar-refractivity contribution in [2.24, 2.45) is 5.73 Å². The average molecular weight is 303 g/mol. The fourth-order valence-corrected chi connectivity index (χ4v) is 3.35. The van der Waals surface area contributed by atoms with Crippen LogP contribution >= 0.6 is 0 Å². The SMILES string of the molecule is CC(C)c1cc(C(N)=O)cc(S(=O)(=O)c2ccccc2)c1. The van der Waals surface area contributed by atoms with Gasteiger partial charge in [-0.15, -0.1) is 0 Å². The summed E-state index contributed by atoms with van der Waals surface area (Å²) >= 11 is 0. The summed E-state index contributed by atoms with van der Waals surface area (Å²) in [6.07, 6.45) is 0. The van der Waals surface area contributed by atoms with Crippen LogP contribution in [0.3, 0.4) is 0 Å². The molecule has 0 aliphatic heterocycles. The fraction of sp³-hybridized carbons (Fsp3) is 0.188. The van der Waals surface area contributed by atoms with Crippen LogP contribution < -0.4 is 5.73 Å². The van der Waals surface area contributed by atoms with Crippen LogP contribution in [-0.2, 0) is 9.84 Å². The van der Waals surface area contributed by atoms with Crippen LogP contribution in [0.4, 0.5) is 0 Å². The van der Waals surface area contributed by atoms with Gasteiger partial charge < -0.3 is 5.73 Å². The van der Waals surface area contributed by atoms with Crippen LogP contribution in [0, 0.1) is 0 Å². The number of benzene rings is 2. The first kappa shape index (κ1) is 15.3. The molecular formula is C16H17NO3S. The van der Waals surface area contributed by atoms with Crippen LogP contribution in [-0.4, -0.2) is 14.3 Å². The fourth-order valence-electron chi connectivity index (χ4n) is 1.99. The molecule has 2 aromatic rings. The maximum absolute atomic E-state index is 12.6. The number of carbonyl (C=O) groups is 1. The van der Waals surface area contributed by atoms with Crippen LogP contribution in [0.5, 0.6) is 0 Å². The van der Waals surface area contributed by atoms with Gasteiger partial charge in [-0.05, 0) is 41.8 Å². The van der Waals surface area contributed by atoms with Crippen molar-refractivity contribution in [3.05, 3.63) is 59.7 Å². The third kappa shape index (κ3) is 3.13. The van der Waals surface area contributed by atoms with Crippen molar-refractivity contribution < 1.29 is 13.2 Å².